The maximum absolute atomic E-state index is 10.4. The molecule has 0 amide bonds. The van der Waals surface area contributed by atoms with Gasteiger partial charge in [-0.2, -0.15) is 0 Å². The molecule has 1 aliphatic rings. The molecule has 0 unspecified atom stereocenters. The zero-order valence-electron chi connectivity index (χ0n) is 6.07. The summed E-state index contributed by atoms with van der Waals surface area (Å²) < 4.78 is 0. The van der Waals surface area contributed by atoms with Crippen LogP contribution in [0.1, 0.15) is 0 Å². The first-order valence-corrected chi connectivity index (χ1v) is 3.22. The van der Waals surface area contributed by atoms with Crippen molar-refractivity contribution in [3.63, 3.8) is 0 Å². The van der Waals surface area contributed by atoms with Gasteiger partial charge in [0.2, 0.25) is 0 Å². The van der Waals surface area contributed by atoms with Crippen molar-refractivity contribution in [2.45, 2.75) is 0 Å². The Morgan fingerprint density at radius 2 is 2.00 bits per heavy atom. The van der Waals surface area contributed by atoms with Gasteiger partial charge < -0.3 is 15.5 Å². The minimum absolute atomic E-state index is 0.0429. The van der Waals surface area contributed by atoms with Crippen LogP contribution in [0.4, 0.5) is 0 Å². The van der Waals surface area contributed by atoms with Crippen LogP contribution in [0.2, 0.25) is 0 Å². The van der Waals surface area contributed by atoms with E-state index in [0.717, 1.165) is 6.08 Å². The first-order valence-electron chi connectivity index (χ1n) is 3.22. The van der Waals surface area contributed by atoms with E-state index in [1.165, 1.54) is 6.20 Å². The topological polar surface area (TPSA) is 86.6 Å². The number of hydrogen-bond acceptors (Lipinski definition) is 3. The van der Waals surface area contributed by atoms with Gasteiger partial charge in [0.15, 0.2) is 0 Å². The van der Waals surface area contributed by atoms with Gasteiger partial charge in [0, 0.05) is 12.7 Å². The van der Waals surface area contributed by atoms with E-state index in [4.69, 9.17) is 10.2 Å². The molecule has 0 saturated carbocycles. The van der Waals surface area contributed by atoms with Crippen molar-refractivity contribution in [3.8, 4) is 0 Å². The first-order chi connectivity index (χ1) is 5.61. The number of carbonyl (C=O) groups is 2. The number of dihydropyridines is 1. The molecule has 12 heavy (non-hydrogen) atoms. The molecule has 0 aromatic heterocycles. The molecule has 5 heteroatoms. The molecule has 0 atom stereocenters. The molecule has 1 aliphatic heterocycles. The van der Waals surface area contributed by atoms with Gasteiger partial charge in [-0.1, -0.05) is 0 Å². The second-order valence-corrected chi connectivity index (χ2v) is 2.26. The molecular formula is C7H7NO4. The van der Waals surface area contributed by atoms with Crippen LogP contribution >= 0.6 is 0 Å². The predicted octanol–water partition coefficient (Wildman–Crippen LogP) is -0.431. The molecule has 0 spiro atoms. The highest BCUT2D eigenvalue weighted by molar-refractivity contribution is 5.95. The lowest BCUT2D eigenvalue weighted by Gasteiger charge is -2.09. The summed E-state index contributed by atoms with van der Waals surface area (Å²) in [4.78, 5) is 20.8. The largest absolute Gasteiger partial charge is 0.478 e. The standard InChI is InChI=1S/C7H7NO4/c9-6(10)4-1-5(7(11)12)3-8-2-4/h1-2,8H,3H2,(H,9,10)(H,11,12). The number of aliphatic carboxylic acids is 2. The second kappa shape index (κ2) is 3.08. The average molecular weight is 169 g/mol. The number of nitrogens with one attached hydrogen (secondary N) is 1. The van der Waals surface area contributed by atoms with Crippen molar-refractivity contribution < 1.29 is 19.8 Å². The Morgan fingerprint density at radius 1 is 1.33 bits per heavy atom. The van der Waals surface area contributed by atoms with Crippen molar-refractivity contribution in [2.75, 3.05) is 6.54 Å². The van der Waals surface area contributed by atoms with Crippen LogP contribution < -0.4 is 5.32 Å². The van der Waals surface area contributed by atoms with Crippen molar-refractivity contribution in [1.29, 1.82) is 0 Å². The lowest BCUT2D eigenvalue weighted by molar-refractivity contribution is -0.132. The summed E-state index contributed by atoms with van der Waals surface area (Å²) in [5.41, 5.74) is 0.00792. The van der Waals surface area contributed by atoms with E-state index in [2.05, 4.69) is 5.32 Å². The maximum Gasteiger partial charge on any atom is 0.337 e. The van der Waals surface area contributed by atoms with E-state index in [1.54, 1.807) is 0 Å². The molecule has 0 fully saturated rings. The van der Waals surface area contributed by atoms with Crippen molar-refractivity contribution in [3.05, 3.63) is 23.4 Å². The summed E-state index contributed by atoms with van der Waals surface area (Å²) in [5.74, 6) is -2.24. The molecule has 0 bridgehead atoms. The molecule has 1 rings (SSSR count). The smallest absolute Gasteiger partial charge is 0.337 e. The van der Waals surface area contributed by atoms with Gasteiger partial charge in [-0.15, -0.1) is 0 Å². The van der Waals surface area contributed by atoms with Crippen LogP contribution in [0.25, 0.3) is 0 Å². The van der Waals surface area contributed by atoms with Gasteiger partial charge in [0.25, 0.3) is 0 Å². The zero-order valence-corrected chi connectivity index (χ0v) is 6.07. The quantitative estimate of drug-likeness (QED) is 0.522. The van der Waals surface area contributed by atoms with Gasteiger partial charge in [-0.05, 0) is 6.08 Å². The minimum atomic E-state index is -1.14. The lowest BCUT2D eigenvalue weighted by Crippen LogP contribution is -2.22. The average Bonchev–Trinajstić information content (AvgIpc) is 2.04. The van der Waals surface area contributed by atoms with E-state index in [9.17, 15) is 9.59 Å². The zero-order chi connectivity index (χ0) is 9.14. The molecule has 0 aromatic carbocycles. The molecule has 1 heterocycles. The number of carboxylic acids is 2. The van der Waals surface area contributed by atoms with E-state index < -0.39 is 11.9 Å². The summed E-state index contributed by atoms with van der Waals surface area (Å²) in [6.45, 7) is 0.159. The van der Waals surface area contributed by atoms with Crippen LogP contribution in [-0.2, 0) is 9.59 Å². The Bertz CT molecular complexity index is 290. The summed E-state index contributed by atoms with van der Waals surface area (Å²) in [5, 5.41) is 19.6. The van der Waals surface area contributed by atoms with E-state index >= 15 is 0 Å². The molecule has 0 radical (unpaired) electrons. The van der Waals surface area contributed by atoms with E-state index in [1.807, 2.05) is 0 Å². The van der Waals surface area contributed by atoms with Crippen LogP contribution in [0.15, 0.2) is 23.4 Å². The highest BCUT2D eigenvalue weighted by Gasteiger charge is 2.14. The van der Waals surface area contributed by atoms with Gasteiger partial charge in [0.05, 0.1) is 11.1 Å². The molecule has 0 aliphatic carbocycles. The first kappa shape index (κ1) is 8.32. The second-order valence-electron chi connectivity index (χ2n) is 2.26. The maximum atomic E-state index is 10.4. The van der Waals surface area contributed by atoms with Gasteiger partial charge >= 0.3 is 11.9 Å². The van der Waals surface area contributed by atoms with Crippen molar-refractivity contribution in [2.24, 2.45) is 0 Å². The third kappa shape index (κ3) is 1.63. The summed E-state index contributed by atoms with van der Waals surface area (Å²) >= 11 is 0. The van der Waals surface area contributed by atoms with Crippen molar-refractivity contribution in [1.82, 2.24) is 5.32 Å². The summed E-state index contributed by atoms with van der Waals surface area (Å²) in [7, 11) is 0. The fourth-order valence-corrected chi connectivity index (χ4v) is 0.812. The number of hydrogen-bond donors (Lipinski definition) is 3. The highest BCUT2D eigenvalue weighted by atomic mass is 16.4. The van der Waals surface area contributed by atoms with Gasteiger partial charge in [-0.3, -0.25) is 0 Å². The van der Waals surface area contributed by atoms with Crippen LogP contribution in [0, 0.1) is 0 Å². The van der Waals surface area contributed by atoms with Crippen LogP contribution in [0.3, 0.4) is 0 Å². The Kier molecular flexibility index (Phi) is 2.14. The summed E-state index contributed by atoms with van der Waals surface area (Å²) in [6.07, 6.45) is 2.41. The molecule has 0 saturated heterocycles. The lowest BCUT2D eigenvalue weighted by atomic mass is 10.1. The third-order valence-corrected chi connectivity index (χ3v) is 1.40. The molecule has 3 N–H and O–H groups in total. The van der Waals surface area contributed by atoms with E-state index in [0.29, 0.717) is 0 Å². The third-order valence-electron chi connectivity index (χ3n) is 1.40. The normalized spacial score (nSPS) is 15.7. The molecular weight excluding hydrogens is 162 g/mol. The van der Waals surface area contributed by atoms with Crippen LogP contribution in [0.5, 0.6) is 0 Å². The fraction of sp³-hybridized carbons (Fsp3) is 0.143. The highest BCUT2D eigenvalue weighted by Crippen LogP contribution is 2.06. The Labute approximate surface area is 68.0 Å². The Balaban J connectivity index is 2.88. The van der Waals surface area contributed by atoms with Gasteiger partial charge in [-0.25, -0.2) is 9.59 Å². The SMILES string of the molecule is O=C(O)C1=CNCC(C(=O)O)=C1. The van der Waals surface area contributed by atoms with Crippen molar-refractivity contribution >= 4 is 11.9 Å². The number of carboxylic acid groups (broad SMARTS) is 2. The van der Waals surface area contributed by atoms with E-state index in [-0.39, 0.29) is 17.7 Å². The Morgan fingerprint density at radius 3 is 2.50 bits per heavy atom. The fourth-order valence-electron chi connectivity index (χ4n) is 0.812. The molecule has 5 nitrogen and oxygen atoms in total. The summed E-state index contributed by atoms with van der Waals surface area (Å²) in [6, 6.07) is 0. The minimum Gasteiger partial charge on any atom is -0.478 e. The molecule has 0 aromatic rings. The monoisotopic (exact) mass is 169 g/mol. The van der Waals surface area contributed by atoms with Gasteiger partial charge in [0.1, 0.15) is 0 Å². The Hall–Kier alpha value is -1.78. The number of rotatable bonds is 2. The van der Waals surface area contributed by atoms with Crippen LogP contribution in [-0.4, -0.2) is 28.7 Å². The predicted molar refractivity (Wildman–Crippen MR) is 39.4 cm³/mol. The molecule has 64 valence electrons.